The van der Waals surface area contributed by atoms with Crippen molar-refractivity contribution in [1.82, 2.24) is 0 Å². The van der Waals surface area contributed by atoms with Crippen LogP contribution in [0.5, 0.6) is 0 Å². The number of carbonyl (C=O) groups is 1. The zero-order valence-electron chi connectivity index (χ0n) is 10.5. The molecule has 98 valence electrons. The van der Waals surface area contributed by atoms with Crippen LogP contribution >= 0.6 is 11.6 Å². The normalized spacial score (nSPS) is 12.2. The van der Waals surface area contributed by atoms with Gasteiger partial charge in [-0.3, -0.25) is 14.9 Å². The maximum Gasteiger partial charge on any atom is 0.272 e. The van der Waals surface area contributed by atoms with Crippen LogP contribution in [0.3, 0.4) is 0 Å². The van der Waals surface area contributed by atoms with Gasteiger partial charge in [0.2, 0.25) is 0 Å². The number of alkyl halides is 1. The number of hydrogen-bond donors (Lipinski definition) is 0. The van der Waals surface area contributed by atoms with E-state index in [1.165, 1.54) is 13.0 Å². The maximum absolute atomic E-state index is 11.5. The molecule has 0 N–H and O–H groups in total. The first-order valence-electron chi connectivity index (χ1n) is 5.76. The minimum absolute atomic E-state index is 0.0709. The summed E-state index contributed by atoms with van der Waals surface area (Å²) in [7, 11) is 0. The molecule has 0 saturated heterocycles. The van der Waals surface area contributed by atoms with E-state index in [4.69, 9.17) is 11.6 Å². The van der Waals surface area contributed by atoms with E-state index < -0.39 is 4.92 Å². The molecule has 1 rings (SSSR count). The van der Waals surface area contributed by atoms with Gasteiger partial charge in [-0.1, -0.05) is 12.1 Å². The molecule has 0 radical (unpaired) electrons. The summed E-state index contributed by atoms with van der Waals surface area (Å²) in [6, 6.07) is 4.95. The van der Waals surface area contributed by atoms with Crippen molar-refractivity contribution >= 4 is 23.1 Å². The summed E-state index contributed by atoms with van der Waals surface area (Å²) in [6.07, 6.45) is 1.11. The van der Waals surface area contributed by atoms with Crippen molar-refractivity contribution in [3.8, 4) is 0 Å². The Bertz CT molecular complexity index is 460. The van der Waals surface area contributed by atoms with Crippen molar-refractivity contribution in [2.45, 2.75) is 26.7 Å². The Balaban J connectivity index is 2.99. The molecule has 1 atom stereocenters. The van der Waals surface area contributed by atoms with Crippen LogP contribution in [0.2, 0.25) is 0 Å². The highest BCUT2D eigenvalue weighted by Crippen LogP contribution is 2.24. The third-order valence-electron chi connectivity index (χ3n) is 3.11. The molecule has 0 heterocycles. The highest BCUT2D eigenvalue weighted by atomic mass is 35.5. The molecule has 0 aromatic heterocycles. The Hall–Kier alpha value is -1.42. The predicted octanol–water partition coefficient (Wildman–Crippen LogP) is 3.28. The van der Waals surface area contributed by atoms with Gasteiger partial charge < -0.3 is 0 Å². The molecule has 18 heavy (non-hydrogen) atoms. The molecule has 4 nitrogen and oxygen atoms in total. The number of Topliss-reactive ketones (excluding diaryl/α,β-unsaturated/α-hetero) is 1. The smallest absolute Gasteiger partial charge is 0.272 e. The minimum atomic E-state index is -0.400. The summed E-state index contributed by atoms with van der Waals surface area (Å²) in [5, 5.41) is 10.8. The van der Waals surface area contributed by atoms with Crippen LogP contribution < -0.4 is 0 Å². The minimum Gasteiger partial charge on any atom is -0.300 e. The zero-order chi connectivity index (χ0) is 13.7. The molecule has 0 saturated carbocycles. The third-order valence-corrected chi connectivity index (χ3v) is 3.33. The van der Waals surface area contributed by atoms with E-state index in [2.05, 4.69) is 0 Å². The molecule has 0 aliphatic heterocycles. The first kappa shape index (κ1) is 14.6. The van der Waals surface area contributed by atoms with Crippen LogP contribution in [0, 0.1) is 23.0 Å². The van der Waals surface area contributed by atoms with Crippen molar-refractivity contribution in [2.75, 3.05) is 5.88 Å². The number of ketones is 1. The second-order valence-corrected chi connectivity index (χ2v) is 4.69. The summed E-state index contributed by atoms with van der Waals surface area (Å²) in [5.74, 6) is 0.322. The van der Waals surface area contributed by atoms with Crippen molar-refractivity contribution in [3.63, 3.8) is 0 Å². The van der Waals surface area contributed by atoms with E-state index >= 15 is 0 Å². The van der Waals surface area contributed by atoms with E-state index in [-0.39, 0.29) is 17.4 Å². The Kier molecular flexibility index (Phi) is 5.28. The van der Waals surface area contributed by atoms with Gasteiger partial charge in [-0.05, 0) is 32.3 Å². The lowest BCUT2D eigenvalue weighted by Gasteiger charge is -2.13. The highest BCUT2D eigenvalue weighted by Gasteiger charge is 2.19. The fourth-order valence-electron chi connectivity index (χ4n) is 1.94. The maximum atomic E-state index is 11.5. The molecular formula is C13H16ClNO3. The number of rotatable bonds is 6. The number of hydrogen-bond acceptors (Lipinski definition) is 3. The number of benzene rings is 1. The summed E-state index contributed by atoms with van der Waals surface area (Å²) >= 11 is 5.67. The van der Waals surface area contributed by atoms with Gasteiger partial charge in [0.05, 0.1) is 4.92 Å². The van der Waals surface area contributed by atoms with Crippen LogP contribution in [-0.4, -0.2) is 16.6 Å². The van der Waals surface area contributed by atoms with E-state index in [9.17, 15) is 14.9 Å². The molecule has 1 aromatic rings. The average molecular weight is 270 g/mol. The number of nitro benzene ring substituents is 1. The van der Waals surface area contributed by atoms with Crippen LogP contribution in [0.4, 0.5) is 5.69 Å². The largest absolute Gasteiger partial charge is 0.300 e. The van der Waals surface area contributed by atoms with E-state index in [0.717, 1.165) is 5.56 Å². The van der Waals surface area contributed by atoms with Crippen molar-refractivity contribution in [2.24, 2.45) is 5.92 Å². The number of halogens is 1. The molecule has 1 aromatic carbocycles. The van der Waals surface area contributed by atoms with Crippen LogP contribution in [-0.2, 0) is 11.2 Å². The van der Waals surface area contributed by atoms with Gasteiger partial charge in [-0.25, -0.2) is 0 Å². The molecule has 1 unspecified atom stereocenters. The quantitative estimate of drug-likeness (QED) is 0.452. The van der Waals surface area contributed by atoms with Crippen LogP contribution in [0.15, 0.2) is 18.2 Å². The van der Waals surface area contributed by atoms with Gasteiger partial charge in [0.1, 0.15) is 5.78 Å². The molecule has 0 spiro atoms. The summed E-state index contributed by atoms with van der Waals surface area (Å²) < 4.78 is 0. The van der Waals surface area contributed by atoms with Gasteiger partial charge in [0.25, 0.3) is 5.69 Å². The van der Waals surface area contributed by atoms with Gasteiger partial charge in [-0.15, -0.1) is 11.6 Å². The summed E-state index contributed by atoms with van der Waals surface area (Å²) in [6.45, 7) is 3.25. The van der Waals surface area contributed by atoms with Gasteiger partial charge in [0, 0.05) is 23.4 Å². The van der Waals surface area contributed by atoms with Crippen molar-refractivity contribution < 1.29 is 9.72 Å². The van der Waals surface area contributed by atoms with Crippen LogP contribution in [0.25, 0.3) is 0 Å². The fourth-order valence-corrected chi connectivity index (χ4v) is 2.20. The van der Waals surface area contributed by atoms with Crippen molar-refractivity contribution in [3.05, 3.63) is 39.4 Å². The Morgan fingerprint density at radius 2 is 2.17 bits per heavy atom. The lowest BCUT2D eigenvalue weighted by Crippen LogP contribution is -2.15. The summed E-state index contributed by atoms with van der Waals surface area (Å²) in [4.78, 5) is 21.9. The number of nitrogens with zero attached hydrogens (tertiary/aromatic N) is 1. The van der Waals surface area contributed by atoms with E-state index in [0.29, 0.717) is 24.3 Å². The Morgan fingerprint density at radius 3 is 2.67 bits per heavy atom. The van der Waals surface area contributed by atoms with E-state index in [1.54, 1.807) is 13.0 Å². The molecule has 5 heteroatoms. The average Bonchev–Trinajstić information content (AvgIpc) is 2.30. The Labute approximate surface area is 111 Å². The molecule has 0 aliphatic carbocycles. The highest BCUT2D eigenvalue weighted by molar-refractivity contribution is 6.18. The van der Waals surface area contributed by atoms with Crippen LogP contribution in [0.1, 0.15) is 24.5 Å². The first-order valence-corrected chi connectivity index (χ1v) is 6.30. The second kappa shape index (κ2) is 6.50. The fraction of sp³-hybridized carbons (Fsp3) is 0.462. The standard InChI is InChI=1S/C13H16ClNO3/c1-9-11(4-3-5-13(9)15(17)18)8-12(6-7-14)10(2)16/h3-5,12H,6-8H2,1-2H3. The number of carbonyl (C=O) groups excluding carboxylic acids is 1. The van der Waals surface area contributed by atoms with Gasteiger partial charge in [-0.2, -0.15) is 0 Å². The lowest BCUT2D eigenvalue weighted by molar-refractivity contribution is -0.385. The topological polar surface area (TPSA) is 60.2 Å². The van der Waals surface area contributed by atoms with Gasteiger partial charge >= 0.3 is 0 Å². The van der Waals surface area contributed by atoms with Crippen molar-refractivity contribution in [1.29, 1.82) is 0 Å². The van der Waals surface area contributed by atoms with Gasteiger partial charge in [0.15, 0.2) is 0 Å². The summed E-state index contributed by atoms with van der Waals surface area (Å²) in [5.41, 5.74) is 1.57. The zero-order valence-corrected chi connectivity index (χ0v) is 11.2. The molecular weight excluding hydrogens is 254 g/mol. The molecule has 0 fully saturated rings. The van der Waals surface area contributed by atoms with E-state index in [1.807, 2.05) is 6.07 Å². The monoisotopic (exact) mass is 269 g/mol. The molecule has 0 amide bonds. The molecule has 0 bridgehead atoms. The number of nitro groups is 1. The molecule has 0 aliphatic rings. The first-order chi connectivity index (χ1) is 8.47. The SMILES string of the molecule is CC(=O)C(CCCl)Cc1cccc([N+](=O)[O-])c1C. The third kappa shape index (κ3) is 3.53. The predicted molar refractivity (Wildman–Crippen MR) is 71.0 cm³/mol. The Morgan fingerprint density at radius 1 is 1.50 bits per heavy atom. The lowest BCUT2D eigenvalue weighted by atomic mass is 9.91. The second-order valence-electron chi connectivity index (χ2n) is 4.31.